The van der Waals surface area contributed by atoms with Crippen LogP contribution in [-0.2, 0) is 9.53 Å². The average molecular weight is 616 g/mol. The van der Waals surface area contributed by atoms with Crippen molar-refractivity contribution in [2.24, 2.45) is 56.7 Å². The van der Waals surface area contributed by atoms with Crippen molar-refractivity contribution >= 4 is 17.5 Å². The van der Waals surface area contributed by atoms with Crippen molar-refractivity contribution in [3.63, 3.8) is 0 Å². The number of hydrogen-bond donors (Lipinski definition) is 2. The minimum atomic E-state index is -0.869. The van der Waals surface area contributed by atoms with Crippen LogP contribution in [0.3, 0.4) is 0 Å². The Kier molecular flexibility index (Phi) is 8.03. The Labute approximate surface area is 271 Å². The predicted molar refractivity (Wildman–Crippen MR) is 181 cm³/mol. The zero-order chi connectivity index (χ0) is 32.6. The summed E-state index contributed by atoms with van der Waals surface area (Å²) in [6.45, 7) is 20.9. The molecule has 0 aliphatic heterocycles. The third-order valence-corrected chi connectivity index (χ3v) is 15.2. The number of hydrogen-bond acceptors (Lipinski definition) is 4. The zero-order valence-corrected chi connectivity index (χ0v) is 28.9. The Balaban J connectivity index is 1.32. The number of allylic oxidation sites excluding steroid dienone is 3. The van der Waals surface area contributed by atoms with Crippen LogP contribution in [0, 0.1) is 56.7 Å². The van der Waals surface area contributed by atoms with Crippen LogP contribution in [-0.4, -0.2) is 37.2 Å². The Morgan fingerprint density at radius 1 is 0.933 bits per heavy atom. The van der Waals surface area contributed by atoms with Gasteiger partial charge in [-0.3, -0.25) is 4.79 Å². The number of carboxylic acid groups (broad SMARTS) is 1. The molecule has 4 fully saturated rings. The van der Waals surface area contributed by atoms with Crippen molar-refractivity contribution in [1.29, 1.82) is 0 Å². The molecule has 5 nitrogen and oxygen atoms in total. The molecule has 0 aromatic heterocycles. The zero-order valence-electron chi connectivity index (χ0n) is 28.9. The van der Waals surface area contributed by atoms with Crippen LogP contribution < -0.4 is 5.32 Å². The molecule has 9 atom stereocenters. The lowest BCUT2D eigenvalue weighted by Gasteiger charge is -2.72. The van der Waals surface area contributed by atoms with Gasteiger partial charge in [-0.15, -0.1) is 0 Å². The average Bonchev–Trinajstić information content (AvgIpc) is 3.37. The molecule has 0 radical (unpaired) electrons. The van der Waals surface area contributed by atoms with Gasteiger partial charge in [-0.1, -0.05) is 65.0 Å². The summed E-state index contributed by atoms with van der Waals surface area (Å²) in [5.74, 6) is 2.06. The first-order valence-corrected chi connectivity index (χ1v) is 17.6. The van der Waals surface area contributed by atoms with Crippen molar-refractivity contribution in [2.75, 3.05) is 20.2 Å². The topological polar surface area (TPSA) is 75.6 Å². The van der Waals surface area contributed by atoms with Crippen LogP contribution in [0.15, 0.2) is 42.5 Å². The molecule has 0 amide bonds. The van der Waals surface area contributed by atoms with Gasteiger partial charge < -0.3 is 15.2 Å². The summed E-state index contributed by atoms with van der Waals surface area (Å²) >= 11 is 0. The van der Waals surface area contributed by atoms with Crippen LogP contribution >= 0.6 is 0 Å². The summed E-state index contributed by atoms with van der Waals surface area (Å²) in [6.07, 6.45) is 13.7. The van der Waals surface area contributed by atoms with Gasteiger partial charge in [0.1, 0.15) is 0 Å². The molecule has 0 bridgehead atoms. The molecule has 45 heavy (non-hydrogen) atoms. The second-order valence-corrected chi connectivity index (χ2v) is 17.2. The Morgan fingerprint density at radius 2 is 1.64 bits per heavy atom. The number of esters is 1. The predicted octanol–water partition coefficient (Wildman–Crippen LogP) is 8.80. The number of ether oxygens (including phenoxy) is 1. The van der Waals surface area contributed by atoms with Gasteiger partial charge in [-0.05, 0) is 145 Å². The number of carbonyl (C=O) groups is 2. The van der Waals surface area contributed by atoms with Crippen molar-refractivity contribution < 1.29 is 19.4 Å². The number of aromatic carboxylic acids is 1. The smallest absolute Gasteiger partial charge is 0.335 e. The maximum absolute atomic E-state index is 12.0. The van der Waals surface area contributed by atoms with Crippen molar-refractivity contribution in [3.05, 3.63) is 53.6 Å². The second kappa shape index (κ2) is 11.1. The van der Waals surface area contributed by atoms with Gasteiger partial charge >= 0.3 is 11.9 Å². The Morgan fingerprint density at radius 3 is 2.29 bits per heavy atom. The van der Waals surface area contributed by atoms with E-state index >= 15 is 0 Å². The minimum absolute atomic E-state index is 0.0142. The Hall–Kier alpha value is -2.40. The van der Waals surface area contributed by atoms with Gasteiger partial charge in [0.05, 0.1) is 19.2 Å². The third-order valence-electron chi connectivity index (χ3n) is 15.2. The quantitative estimate of drug-likeness (QED) is 0.237. The lowest BCUT2D eigenvalue weighted by atomic mass is 9.32. The van der Waals surface area contributed by atoms with E-state index in [0.29, 0.717) is 41.7 Å². The highest BCUT2D eigenvalue weighted by Crippen LogP contribution is 2.77. The van der Waals surface area contributed by atoms with Gasteiger partial charge in [0.25, 0.3) is 0 Å². The summed E-state index contributed by atoms with van der Waals surface area (Å²) in [4.78, 5) is 23.5. The standard InChI is InChI=1S/C40H57NO4/c1-25(2)28-15-20-40(24-41-23-33(42)45-8)22-21-38(6)30(34(28)40)13-14-32-37(5)18-16-29(26-9-11-27(12-10-26)35(43)44)36(3,4)31(37)17-19-39(32,38)7/h9-12,16,28,30-32,34,41H,1,13-15,17-24H2,2-8H3,(H,43,44). The van der Waals surface area contributed by atoms with E-state index in [2.05, 4.69) is 59.5 Å². The summed E-state index contributed by atoms with van der Waals surface area (Å²) in [6, 6.07) is 7.56. The molecule has 0 heterocycles. The number of carbonyl (C=O) groups excluding carboxylic acids is 1. The molecule has 6 rings (SSSR count). The highest BCUT2D eigenvalue weighted by molar-refractivity contribution is 5.88. The number of fused-ring (bicyclic) bond motifs is 7. The van der Waals surface area contributed by atoms with Gasteiger partial charge in [0, 0.05) is 6.54 Å². The molecule has 246 valence electrons. The molecular formula is C40H57NO4. The van der Waals surface area contributed by atoms with E-state index in [1.165, 1.54) is 75.2 Å². The van der Waals surface area contributed by atoms with Crippen molar-refractivity contribution in [2.45, 2.75) is 99.3 Å². The van der Waals surface area contributed by atoms with E-state index < -0.39 is 5.97 Å². The molecule has 5 aliphatic rings. The fraction of sp³-hybridized carbons (Fsp3) is 0.700. The maximum atomic E-state index is 12.0. The first-order valence-electron chi connectivity index (χ1n) is 17.6. The summed E-state index contributed by atoms with van der Waals surface area (Å²) < 4.78 is 4.95. The number of rotatable bonds is 7. The van der Waals surface area contributed by atoms with Crippen LogP contribution in [0.25, 0.3) is 5.57 Å². The lowest BCUT2D eigenvalue weighted by Crippen LogP contribution is -2.65. The highest BCUT2D eigenvalue weighted by atomic mass is 16.5. The molecule has 2 N–H and O–H groups in total. The van der Waals surface area contributed by atoms with E-state index in [0.717, 1.165) is 13.0 Å². The van der Waals surface area contributed by atoms with Gasteiger partial charge in [-0.25, -0.2) is 4.79 Å². The molecule has 0 spiro atoms. The molecule has 5 heteroatoms. The Bertz CT molecular complexity index is 1390. The van der Waals surface area contributed by atoms with Crippen LogP contribution in [0.2, 0.25) is 0 Å². The van der Waals surface area contributed by atoms with Crippen molar-refractivity contribution in [3.8, 4) is 0 Å². The van der Waals surface area contributed by atoms with Crippen LogP contribution in [0.5, 0.6) is 0 Å². The summed E-state index contributed by atoms with van der Waals surface area (Å²) in [7, 11) is 1.47. The number of nitrogens with one attached hydrogen (secondary N) is 1. The van der Waals surface area contributed by atoms with E-state index in [4.69, 9.17) is 4.74 Å². The molecule has 0 saturated heterocycles. The van der Waals surface area contributed by atoms with Crippen LogP contribution in [0.1, 0.15) is 115 Å². The summed E-state index contributed by atoms with van der Waals surface area (Å²) in [5, 5.41) is 13.0. The summed E-state index contributed by atoms with van der Waals surface area (Å²) in [5.41, 5.74) is 5.30. The van der Waals surface area contributed by atoms with E-state index in [9.17, 15) is 14.7 Å². The SMILES string of the molecule is C=C(C)C1CCC2(CNCC(=O)OC)CCC3(C)C(CCC4C5(C)CC=C(c6ccc(C(=O)O)cc6)C(C)(C)C5CCC43C)C12. The van der Waals surface area contributed by atoms with Gasteiger partial charge in [0.15, 0.2) is 0 Å². The van der Waals surface area contributed by atoms with Crippen LogP contribution in [0.4, 0.5) is 0 Å². The molecular weight excluding hydrogens is 558 g/mol. The van der Waals surface area contributed by atoms with E-state index in [1.807, 2.05) is 12.1 Å². The molecule has 4 saturated carbocycles. The van der Waals surface area contributed by atoms with Crippen molar-refractivity contribution in [1.82, 2.24) is 5.32 Å². The van der Waals surface area contributed by atoms with E-state index in [-0.39, 0.29) is 33.0 Å². The highest BCUT2D eigenvalue weighted by Gasteiger charge is 2.70. The third kappa shape index (κ3) is 4.72. The first kappa shape index (κ1) is 32.5. The lowest BCUT2D eigenvalue weighted by molar-refractivity contribution is -0.225. The first-order chi connectivity index (χ1) is 21.1. The minimum Gasteiger partial charge on any atom is -0.478 e. The number of methoxy groups -OCH3 is 1. The maximum Gasteiger partial charge on any atom is 0.335 e. The fourth-order valence-electron chi connectivity index (χ4n) is 13.0. The normalized spacial score (nSPS) is 41.5. The molecule has 9 unspecified atom stereocenters. The monoisotopic (exact) mass is 615 g/mol. The largest absolute Gasteiger partial charge is 0.478 e. The van der Waals surface area contributed by atoms with E-state index in [1.54, 1.807) is 12.1 Å². The van der Waals surface area contributed by atoms with Gasteiger partial charge in [0.2, 0.25) is 0 Å². The molecule has 1 aromatic rings. The fourth-order valence-corrected chi connectivity index (χ4v) is 13.0. The molecule has 5 aliphatic carbocycles. The van der Waals surface area contributed by atoms with Gasteiger partial charge in [-0.2, -0.15) is 0 Å². The number of carboxylic acids is 1. The number of benzene rings is 1. The second-order valence-electron chi connectivity index (χ2n) is 17.2. The molecule has 1 aromatic carbocycles.